The summed E-state index contributed by atoms with van der Waals surface area (Å²) in [5, 5.41) is 1.22. The number of carbonyl (C=O) groups is 1. The Bertz CT molecular complexity index is 997. The smallest absolute Gasteiger partial charge is 0.270 e. The van der Waals surface area contributed by atoms with E-state index in [1.54, 1.807) is 0 Å². The molecule has 4 heterocycles. The summed E-state index contributed by atoms with van der Waals surface area (Å²) in [6.07, 6.45) is 5.46. The Morgan fingerprint density at radius 1 is 1.07 bits per heavy atom. The molecule has 6 nitrogen and oxygen atoms in total. The third kappa shape index (κ3) is 2.76. The van der Waals surface area contributed by atoms with E-state index in [2.05, 4.69) is 52.0 Å². The van der Waals surface area contributed by atoms with Gasteiger partial charge in [-0.2, -0.15) is 0 Å². The second-order valence-corrected chi connectivity index (χ2v) is 7.42. The highest BCUT2D eigenvalue weighted by molar-refractivity contribution is 5.95. The summed E-state index contributed by atoms with van der Waals surface area (Å²) in [4.78, 5) is 20.4. The molecule has 27 heavy (non-hydrogen) atoms. The summed E-state index contributed by atoms with van der Waals surface area (Å²) in [6, 6.07) is 10.4. The number of nitrogens with one attached hydrogen (secondary N) is 1. The predicted molar refractivity (Wildman–Crippen MR) is 106 cm³/mol. The van der Waals surface area contributed by atoms with E-state index in [1.165, 1.54) is 17.3 Å². The zero-order chi connectivity index (χ0) is 18.4. The fourth-order valence-corrected chi connectivity index (χ4v) is 4.15. The van der Waals surface area contributed by atoms with Gasteiger partial charge in [-0.3, -0.25) is 4.79 Å². The Labute approximate surface area is 158 Å². The standard InChI is InChI=1S/C21H24N4O2/c1-23-10-7-15-5-6-16(13-18(15)23)25-11-12-27-19-14-17(22-20(19)25)21(26)24-8-3-2-4-9-24/h5-7,10,13-14,22H,2-4,8-9,11-12H2,1H3. The Morgan fingerprint density at radius 2 is 1.93 bits per heavy atom. The van der Waals surface area contributed by atoms with Crippen molar-refractivity contribution in [3.63, 3.8) is 0 Å². The van der Waals surface area contributed by atoms with Crippen LogP contribution in [0.5, 0.6) is 5.75 Å². The molecular weight excluding hydrogens is 340 g/mol. The van der Waals surface area contributed by atoms with Crippen molar-refractivity contribution >= 4 is 28.3 Å². The number of aromatic amines is 1. The molecule has 6 heteroatoms. The number of H-pyrrole nitrogens is 1. The summed E-state index contributed by atoms with van der Waals surface area (Å²) >= 11 is 0. The molecule has 1 N–H and O–H groups in total. The molecule has 0 radical (unpaired) electrons. The third-order valence-electron chi connectivity index (χ3n) is 5.66. The van der Waals surface area contributed by atoms with Crippen LogP contribution in [0.3, 0.4) is 0 Å². The highest BCUT2D eigenvalue weighted by atomic mass is 16.5. The molecule has 1 amide bonds. The van der Waals surface area contributed by atoms with E-state index in [1.807, 2.05) is 11.0 Å². The van der Waals surface area contributed by atoms with E-state index >= 15 is 0 Å². The Balaban J connectivity index is 1.49. The number of fused-ring (bicyclic) bond motifs is 2. The molecule has 2 aromatic heterocycles. The zero-order valence-corrected chi connectivity index (χ0v) is 15.6. The van der Waals surface area contributed by atoms with E-state index < -0.39 is 0 Å². The van der Waals surface area contributed by atoms with Crippen LogP contribution in [0.1, 0.15) is 29.8 Å². The first-order valence-corrected chi connectivity index (χ1v) is 9.68. The minimum atomic E-state index is 0.0746. The first-order valence-electron chi connectivity index (χ1n) is 9.68. The maximum Gasteiger partial charge on any atom is 0.270 e. The fourth-order valence-electron chi connectivity index (χ4n) is 4.15. The van der Waals surface area contributed by atoms with Crippen LogP contribution in [0.4, 0.5) is 11.5 Å². The lowest BCUT2D eigenvalue weighted by Crippen LogP contribution is -2.35. The molecule has 0 unspecified atom stereocenters. The number of benzene rings is 1. The highest BCUT2D eigenvalue weighted by Gasteiger charge is 2.27. The van der Waals surface area contributed by atoms with Crippen LogP contribution in [0, 0.1) is 0 Å². The fraction of sp³-hybridized carbons (Fsp3) is 0.381. The van der Waals surface area contributed by atoms with E-state index in [0.29, 0.717) is 12.3 Å². The number of nitrogens with zero attached hydrogens (tertiary/aromatic N) is 3. The van der Waals surface area contributed by atoms with Gasteiger partial charge in [-0.05, 0) is 42.8 Å². The number of ether oxygens (including phenoxy) is 1. The molecule has 140 valence electrons. The van der Waals surface area contributed by atoms with Crippen molar-refractivity contribution in [1.82, 2.24) is 14.5 Å². The quantitative estimate of drug-likeness (QED) is 0.755. The van der Waals surface area contributed by atoms with Gasteiger partial charge in [-0.1, -0.05) is 6.07 Å². The van der Waals surface area contributed by atoms with Gasteiger partial charge in [0.15, 0.2) is 11.6 Å². The van der Waals surface area contributed by atoms with Gasteiger partial charge in [0, 0.05) is 43.6 Å². The van der Waals surface area contributed by atoms with Crippen LogP contribution in [0.25, 0.3) is 10.9 Å². The van der Waals surface area contributed by atoms with Gasteiger partial charge in [0.1, 0.15) is 12.3 Å². The van der Waals surface area contributed by atoms with Crippen molar-refractivity contribution in [2.75, 3.05) is 31.1 Å². The number of hydrogen-bond acceptors (Lipinski definition) is 3. The lowest BCUT2D eigenvalue weighted by molar-refractivity contribution is 0.0719. The maximum atomic E-state index is 12.9. The molecule has 1 fully saturated rings. The van der Waals surface area contributed by atoms with Crippen LogP contribution < -0.4 is 9.64 Å². The van der Waals surface area contributed by atoms with Crippen molar-refractivity contribution in [2.45, 2.75) is 19.3 Å². The number of aromatic nitrogens is 2. The van der Waals surface area contributed by atoms with Gasteiger partial charge >= 0.3 is 0 Å². The molecule has 1 aromatic carbocycles. The van der Waals surface area contributed by atoms with Gasteiger partial charge < -0.3 is 24.1 Å². The van der Waals surface area contributed by atoms with Gasteiger partial charge in [-0.15, -0.1) is 0 Å². The number of piperidine rings is 1. The van der Waals surface area contributed by atoms with E-state index in [4.69, 9.17) is 4.74 Å². The number of aryl methyl sites for hydroxylation is 1. The number of rotatable bonds is 2. The second-order valence-electron chi connectivity index (χ2n) is 7.42. The van der Waals surface area contributed by atoms with E-state index in [9.17, 15) is 4.79 Å². The molecule has 5 rings (SSSR count). The average molecular weight is 364 g/mol. The van der Waals surface area contributed by atoms with Crippen LogP contribution in [0.15, 0.2) is 36.5 Å². The van der Waals surface area contributed by atoms with Gasteiger partial charge in [0.2, 0.25) is 0 Å². The molecule has 2 aliphatic heterocycles. The Hall–Kier alpha value is -2.89. The van der Waals surface area contributed by atoms with Crippen LogP contribution in [-0.2, 0) is 7.05 Å². The summed E-state index contributed by atoms with van der Waals surface area (Å²) < 4.78 is 7.97. The lowest BCUT2D eigenvalue weighted by atomic mass is 10.1. The van der Waals surface area contributed by atoms with Gasteiger partial charge in [0.25, 0.3) is 5.91 Å². The highest BCUT2D eigenvalue weighted by Crippen LogP contribution is 2.38. The van der Waals surface area contributed by atoms with E-state index in [-0.39, 0.29) is 5.91 Å². The van der Waals surface area contributed by atoms with Gasteiger partial charge in [-0.25, -0.2) is 0 Å². The zero-order valence-electron chi connectivity index (χ0n) is 15.6. The SMILES string of the molecule is Cn1ccc2ccc(N3CCOc4cc(C(=O)N5CCCCC5)[nH]c43)cc21. The predicted octanol–water partition coefficient (Wildman–Crippen LogP) is 3.66. The average Bonchev–Trinajstić information content (AvgIpc) is 3.31. The molecule has 0 bridgehead atoms. The Kier molecular flexibility index (Phi) is 3.85. The normalized spacial score (nSPS) is 17.1. The minimum Gasteiger partial charge on any atom is -0.488 e. The molecule has 3 aromatic rings. The van der Waals surface area contributed by atoms with Crippen molar-refractivity contribution in [2.24, 2.45) is 7.05 Å². The summed E-state index contributed by atoms with van der Waals surface area (Å²) in [5.74, 6) is 1.70. The van der Waals surface area contributed by atoms with Crippen molar-refractivity contribution in [3.8, 4) is 5.75 Å². The molecule has 0 atom stereocenters. The third-order valence-corrected chi connectivity index (χ3v) is 5.66. The number of anilines is 2. The van der Waals surface area contributed by atoms with E-state index in [0.717, 1.165) is 49.7 Å². The maximum absolute atomic E-state index is 12.9. The lowest BCUT2D eigenvalue weighted by Gasteiger charge is -2.29. The van der Waals surface area contributed by atoms with Crippen molar-refractivity contribution in [3.05, 3.63) is 42.2 Å². The Morgan fingerprint density at radius 3 is 2.78 bits per heavy atom. The number of amides is 1. The summed E-state index contributed by atoms with van der Waals surface area (Å²) in [7, 11) is 2.06. The van der Waals surface area contributed by atoms with Crippen molar-refractivity contribution in [1.29, 1.82) is 0 Å². The largest absolute Gasteiger partial charge is 0.488 e. The monoisotopic (exact) mass is 364 g/mol. The van der Waals surface area contributed by atoms with Crippen LogP contribution >= 0.6 is 0 Å². The van der Waals surface area contributed by atoms with Crippen molar-refractivity contribution < 1.29 is 9.53 Å². The minimum absolute atomic E-state index is 0.0746. The second kappa shape index (κ2) is 6.37. The first kappa shape index (κ1) is 16.3. The number of hydrogen-bond donors (Lipinski definition) is 1. The first-order chi connectivity index (χ1) is 13.2. The molecular formula is C21H24N4O2. The van der Waals surface area contributed by atoms with Gasteiger partial charge in [0.05, 0.1) is 6.54 Å². The van der Waals surface area contributed by atoms with Crippen LogP contribution in [0.2, 0.25) is 0 Å². The van der Waals surface area contributed by atoms with Crippen LogP contribution in [-0.4, -0.2) is 46.6 Å². The number of likely N-dealkylation sites (tertiary alicyclic amines) is 1. The molecule has 0 saturated carbocycles. The molecule has 0 spiro atoms. The summed E-state index contributed by atoms with van der Waals surface area (Å²) in [5.41, 5.74) is 2.91. The molecule has 2 aliphatic rings. The number of carbonyl (C=O) groups excluding carboxylic acids is 1. The molecule has 1 saturated heterocycles. The molecule has 0 aliphatic carbocycles. The summed E-state index contributed by atoms with van der Waals surface area (Å²) in [6.45, 7) is 3.04. The topological polar surface area (TPSA) is 53.5 Å².